The summed E-state index contributed by atoms with van der Waals surface area (Å²) < 4.78 is 0.735. The summed E-state index contributed by atoms with van der Waals surface area (Å²) in [5.41, 5.74) is -0.553. The lowest BCUT2D eigenvalue weighted by Crippen LogP contribution is -2.57. The highest BCUT2D eigenvalue weighted by atomic mass is 35.5. The third-order valence-corrected chi connectivity index (χ3v) is 4.76. The van der Waals surface area contributed by atoms with Crippen molar-refractivity contribution in [1.29, 1.82) is 0 Å². The third kappa shape index (κ3) is 4.11. The molecule has 0 radical (unpaired) electrons. The van der Waals surface area contributed by atoms with E-state index in [9.17, 15) is 9.59 Å². The van der Waals surface area contributed by atoms with Gasteiger partial charge in [-0.1, -0.05) is 11.6 Å². The number of carboxylic acids is 1. The first-order valence-corrected chi connectivity index (χ1v) is 7.71. The molecule has 1 aromatic heterocycles. The number of carbonyl (C=O) groups is 2. The summed E-state index contributed by atoms with van der Waals surface area (Å²) in [6, 6.07) is 3.47. The number of hydrogen-bond acceptors (Lipinski definition) is 3. The van der Waals surface area contributed by atoms with Crippen LogP contribution < -0.4 is 10.6 Å². The Morgan fingerprint density at radius 2 is 2.15 bits per heavy atom. The number of thiophene rings is 1. The Labute approximate surface area is 126 Å². The van der Waals surface area contributed by atoms with Crippen molar-refractivity contribution in [3.05, 3.63) is 21.3 Å². The fourth-order valence-corrected chi connectivity index (χ4v) is 3.40. The quantitative estimate of drug-likeness (QED) is 0.755. The van der Waals surface area contributed by atoms with Crippen LogP contribution in [-0.4, -0.2) is 29.2 Å². The lowest BCUT2D eigenvalue weighted by atomic mass is 9.74. The predicted molar refractivity (Wildman–Crippen MR) is 78.4 cm³/mol. The van der Waals surface area contributed by atoms with Crippen LogP contribution in [0.25, 0.3) is 0 Å². The van der Waals surface area contributed by atoms with Gasteiger partial charge in [-0.3, -0.25) is 4.79 Å². The Bertz CT molecular complexity index is 500. The minimum Gasteiger partial charge on any atom is -0.481 e. The molecular formula is C13H17ClN2O3S. The van der Waals surface area contributed by atoms with Crippen LogP contribution in [0.2, 0.25) is 4.34 Å². The highest BCUT2D eigenvalue weighted by molar-refractivity contribution is 7.16. The number of nitrogens with one attached hydrogen (secondary N) is 2. The number of urea groups is 1. The molecule has 0 bridgehead atoms. The number of amides is 2. The van der Waals surface area contributed by atoms with E-state index in [4.69, 9.17) is 16.7 Å². The van der Waals surface area contributed by atoms with Gasteiger partial charge in [-0.05, 0) is 37.8 Å². The van der Waals surface area contributed by atoms with E-state index < -0.39 is 11.5 Å². The molecule has 0 atom stereocenters. The van der Waals surface area contributed by atoms with Crippen LogP contribution in [0.1, 0.15) is 30.6 Å². The first-order chi connectivity index (χ1) is 9.49. The van der Waals surface area contributed by atoms with Crippen molar-refractivity contribution in [1.82, 2.24) is 10.6 Å². The van der Waals surface area contributed by atoms with E-state index in [0.717, 1.165) is 34.9 Å². The number of rotatable bonds is 6. The van der Waals surface area contributed by atoms with E-state index in [1.807, 2.05) is 12.1 Å². The van der Waals surface area contributed by atoms with Crippen LogP contribution in [0.3, 0.4) is 0 Å². The molecule has 2 amide bonds. The van der Waals surface area contributed by atoms with Crippen molar-refractivity contribution in [3.63, 3.8) is 0 Å². The zero-order valence-electron chi connectivity index (χ0n) is 10.9. The minimum absolute atomic E-state index is 0.0129. The molecule has 0 aromatic carbocycles. The zero-order valence-corrected chi connectivity index (χ0v) is 12.5. The molecular weight excluding hydrogens is 300 g/mol. The molecule has 0 unspecified atom stereocenters. The molecule has 1 aliphatic rings. The van der Waals surface area contributed by atoms with Crippen molar-refractivity contribution >= 4 is 34.9 Å². The highest BCUT2D eigenvalue weighted by Gasteiger charge is 2.40. The van der Waals surface area contributed by atoms with Crippen molar-refractivity contribution in [2.75, 3.05) is 6.54 Å². The van der Waals surface area contributed by atoms with Gasteiger partial charge in [-0.25, -0.2) is 4.79 Å². The first-order valence-electron chi connectivity index (χ1n) is 6.51. The molecule has 0 aliphatic heterocycles. The number of aliphatic carboxylic acids is 1. The Kier molecular flexibility index (Phi) is 4.88. The second kappa shape index (κ2) is 6.45. The normalized spacial score (nSPS) is 16.2. The van der Waals surface area contributed by atoms with Crippen LogP contribution in [0.4, 0.5) is 4.79 Å². The van der Waals surface area contributed by atoms with E-state index in [0.29, 0.717) is 6.54 Å². The molecule has 20 heavy (non-hydrogen) atoms. The maximum absolute atomic E-state index is 11.8. The van der Waals surface area contributed by atoms with Crippen molar-refractivity contribution < 1.29 is 14.7 Å². The van der Waals surface area contributed by atoms with Gasteiger partial charge < -0.3 is 15.7 Å². The summed E-state index contributed by atoms with van der Waals surface area (Å²) in [6.07, 6.45) is 3.12. The molecule has 5 nitrogen and oxygen atoms in total. The minimum atomic E-state index is -0.877. The van der Waals surface area contributed by atoms with Gasteiger partial charge in [-0.2, -0.15) is 0 Å². The number of carbonyl (C=O) groups excluding carboxylic acids is 1. The van der Waals surface area contributed by atoms with Crippen molar-refractivity contribution in [3.8, 4) is 0 Å². The van der Waals surface area contributed by atoms with Crippen LogP contribution in [0.5, 0.6) is 0 Å². The van der Waals surface area contributed by atoms with Gasteiger partial charge in [0.2, 0.25) is 0 Å². The zero-order chi connectivity index (χ0) is 14.6. The molecule has 0 spiro atoms. The molecule has 3 N–H and O–H groups in total. The lowest BCUT2D eigenvalue weighted by molar-refractivity contribution is -0.139. The molecule has 1 aromatic rings. The lowest BCUT2D eigenvalue weighted by Gasteiger charge is -2.41. The van der Waals surface area contributed by atoms with E-state index in [-0.39, 0.29) is 12.5 Å². The van der Waals surface area contributed by atoms with E-state index in [1.165, 1.54) is 11.3 Å². The molecule has 1 fully saturated rings. The first kappa shape index (κ1) is 15.1. The monoisotopic (exact) mass is 316 g/mol. The van der Waals surface area contributed by atoms with E-state index >= 15 is 0 Å². The molecule has 1 saturated carbocycles. The third-order valence-electron chi connectivity index (χ3n) is 3.46. The largest absolute Gasteiger partial charge is 0.481 e. The topological polar surface area (TPSA) is 78.4 Å². The fraction of sp³-hybridized carbons (Fsp3) is 0.538. The van der Waals surface area contributed by atoms with Gasteiger partial charge in [0.15, 0.2) is 0 Å². The second-order valence-corrected chi connectivity index (χ2v) is 6.84. The summed E-state index contributed by atoms with van der Waals surface area (Å²) in [5, 5.41) is 14.4. The van der Waals surface area contributed by atoms with Crippen molar-refractivity contribution in [2.45, 2.75) is 37.6 Å². The number of hydrogen-bond donors (Lipinski definition) is 3. The maximum Gasteiger partial charge on any atom is 0.315 e. The average Bonchev–Trinajstić information content (AvgIpc) is 2.71. The summed E-state index contributed by atoms with van der Waals surface area (Å²) in [5.74, 6) is -0.877. The molecule has 110 valence electrons. The van der Waals surface area contributed by atoms with Gasteiger partial charge in [0.25, 0.3) is 0 Å². The molecule has 2 rings (SSSR count). The Hall–Kier alpha value is -1.27. The molecule has 1 heterocycles. The van der Waals surface area contributed by atoms with Gasteiger partial charge >= 0.3 is 12.0 Å². The average molecular weight is 317 g/mol. The van der Waals surface area contributed by atoms with Crippen LogP contribution in [0, 0.1) is 0 Å². The van der Waals surface area contributed by atoms with Crippen LogP contribution >= 0.6 is 22.9 Å². The van der Waals surface area contributed by atoms with E-state index in [1.54, 1.807) is 0 Å². The Balaban J connectivity index is 1.73. The Morgan fingerprint density at radius 1 is 1.40 bits per heavy atom. The maximum atomic E-state index is 11.8. The predicted octanol–water partition coefficient (Wildman–Crippen LogP) is 2.64. The summed E-state index contributed by atoms with van der Waals surface area (Å²) in [6.45, 7) is 0.506. The van der Waals surface area contributed by atoms with Gasteiger partial charge in [0, 0.05) is 11.4 Å². The molecule has 0 saturated heterocycles. The van der Waals surface area contributed by atoms with Gasteiger partial charge in [-0.15, -0.1) is 11.3 Å². The number of carboxylic acid groups (broad SMARTS) is 1. The number of halogens is 1. The summed E-state index contributed by atoms with van der Waals surface area (Å²) >= 11 is 7.32. The molecule has 7 heteroatoms. The molecule has 1 aliphatic carbocycles. The second-order valence-electron chi connectivity index (χ2n) is 5.04. The summed E-state index contributed by atoms with van der Waals surface area (Å²) in [7, 11) is 0. The smallest absolute Gasteiger partial charge is 0.315 e. The van der Waals surface area contributed by atoms with Gasteiger partial charge in [0.05, 0.1) is 16.3 Å². The SMILES string of the molecule is O=C(O)CC1(NC(=O)NCCc2ccc(Cl)s2)CCC1. The standard InChI is InChI=1S/C13H17ClN2O3S/c14-10-3-2-9(20-10)4-7-15-12(19)16-13(5-1-6-13)8-11(17)18/h2-3H,1,4-8H2,(H,17,18)(H2,15,16,19). The Morgan fingerprint density at radius 3 is 2.65 bits per heavy atom. The fourth-order valence-electron chi connectivity index (χ4n) is 2.31. The van der Waals surface area contributed by atoms with Crippen molar-refractivity contribution in [2.24, 2.45) is 0 Å². The van der Waals surface area contributed by atoms with Crippen LogP contribution in [-0.2, 0) is 11.2 Å². The highest BCUT2D eigenvalue weighted by Crippen LogP contribution is 2.34. The van der Waals surface area contributed by atoms with Gasteiger partial charge in [0.1, 0.15) is 0 Å². The summed E-state index contributed by atoms with van der Waals surface area (Å²) in [4.78, 5) is 23.7. The van der Waals surface area contributed by atoms with Crippen LogP contribution in [0.15, 0.2) is 12.1 Å². The van der Waals surface area contributed by atoms with E-state index in [2.05, 4.69) is 10.6 Å².